The number of carboxylic acid groups (broad SMARTS) is 1. The number of hydrogen-bond donors (Lipinski definition) is 9. The van der Waals surface area contributed by atoms with Gasteiger partial charge in [-0.3, -0.25) is 67.3 Å². The summed E-state index contributed by atoms with van der Waals surface area (Å²) in [7, 11) is 2.04. The molecule has 100 heavy (non-hydrogen) atoms. The second kappa shape index (κ2) is 51.5. The van der Waals surface area contributed by atoms with Gasteiger partial charge < -0.3 is 72.3 Å². The molecule has 7 atom stereocenters. The summed E-state index contributed by atoms with van der Waals surface area (Å²) in [5.74, 6) is -13.2. The zero-order valence-corrected chi connectivity index (χ0v) is 59.4. The van der Waals surface area contributed by atoms with E-state index in [1.165, 1.54) is 37.4 Å². The van der Waals surface area contributed by atoms with Gasteiger partial charge in [0, 0.05) is 87.5 Å². The Bertz CT molecular complexity index is 3010. The molecule has 0 unspecified atom stereocenters. The first-order valence-electron chi connectivity index (χ1n) is 33.2. The van der Waals surface area contributed by atoms with E-state index in [0.717, 1.165) is 46.4 Å². The summed E-state index contributed by atoms with van der Waals surface area (Å²) in [4.78, 5) is 181. The maximum Gasteiger partial charge on any atom is 0.304 e. The normalized spacial score (nSPS) is 20.3. The van der Waals surface area contributed by atoms with Crippen molar-refractivity contribution in [3.63, 3.8) is 0 Å². The summed E-state index contributed by atoms with van der Waals surface area (Å²) >= 11 is 1.00. The first-order chi connectivity index (χ1) is 48.0. The number of nitrogens with two attached hydrogens (primary N) is 2. The molecule has 2 heterocycles. The number of carbonyl (C=O) groups excluding carboxylic acids is 12. The average Bonchev–Trinajstić information content (AvgIpc) is 1.01. The first kappa shape index (κ1) is 86.5. The van der Waals surface area contributed by atoms with Crippen LogP contribution >= 0.6 is 33.3 Å². The highest BCUT2D eigenvalue weighted by Gasteiger charge is 2.36. The molecule has 0 radical (unpaired) electrons. The van der Waals surface area contributed by atoms with Crippen molar-refractivity contribution in [2.75, 3.05) is 102 Å². The van der Waals surface area contributed by atoms with Crippen molar-refractivity contribution in [2.45, 2.75) is 135 Å². The highest BCUT2D eigenvalue weighted by Crippen LogP contribution is 2.27. The largest absolute Gasteiger partial charge is 0.481 e. The Morgan fingerprint density at radius 3 is 1.96 bits per heavy atom. The quantitative estimate of drug-likeness (QED) is 0.0157. The number of Topliss-reactive ketones (excluding diaryl/α,β-unsaturated/α-hetero) is 6. The summed E-state index contributed by atoms with van der Waals surface area (Å²) < 4.78 is 34.1. The van der Waals surface area contributed by atoms with E-state index in [1.807, 2.05) is 0 Å². The maximum atomic E-state index is 14.5. The van der Waals surface area contributed by atoms with Gasteiger partial charge in [0.1, 0.15) is 25.1 Å². The van der Waals surface area contributed by atoms with Crippen molar-refractivity contribution < 1.29 is 95.6 Å². The molecule has 554 valence electrons. The zero-order valence-electron chi connectivity index (χ0n) is 57.0. The molecular weight excluding hydrogens is 1360 g/mol. The van der Waals surface area contributed by atoms with Crippen LogP contribution in [0.25, 0.3) is 0 Å². The van der Waals surface area contributed by atoms with E-state index in [0.29, 0.717) is 63.4 Å². The van der Waals surface area contributed by atoms with Crippen molar-refractivity contribution in [1.82, 2.24) is 31.9 Å². The number of hydrogen-bond acceptors (Lipinski definition) is 23. The first-order valence-corrected chi connectivity index (χ1v) is 36.8. The number of nitrogens with zero attached hydrogens (tertiary/aromatic N) is 2. The third-order valence-corrected chi connectivity index (χ3v) is 18.3. The lowest BCUT2D eigenvalue weighted by Crippen LogP contribution is -2.53. The van der Waals surface area contributed by atoms with Gasteiger partial charge in [-0.05, 0) is 81.5 Å². The Morgan fingerprint density at radius 1 is 0.680 bits per heavy atom. The minimum Gasteiger partial charge on any atom is -0.481 e. The number of carbonyl (C=O) groups is 13. The lowest BCUT2D eigenvalue weighted by molar-refractivity contribution is -0.142. The molecule has 2 aromatic carbocycles. The van der Waals surface area contributed by atoms with Crippen LogP contribution in [0, 0.1) is 23.6 Å². The molecular formula is C67H97FN10O19S3. The van der Waals surface area contributed by atoms with Crippen molar-refractivity contribution in [3.05, 3.63) is 71.5 Å². The number of carboxylic acids is 1. The molecule has 2 aromatic rings. The number of rotatable bonds is 35. The van der Waals surface area contributed by atoms with Crippen LogP contribution in [-0.2, 0) is 92.5 Å². The van der Waals surface area contributed by atoms with Crippen LogP contribution in [0.5, 0.6) is 0 Å². The number of oxime groups is 1. The van der Waals surface area contributed by atoms with Gasteiger partial charge >= 0.3 is 5.97 Å². The third kappa shape index (κ3) is 39.3. The summed E-state index contributed by atoms with van der Waals surface area (Å²) in [6.07, 6.45) is 1.85. The SMILES string of the molecule is CCC(=O)[C@@H]1CSCC(=O)N[C@@H](CCCCNC(=O)CO/N=C/c2ccc(F)cc2)C(=O)N[C@H]2CSSC[C@H](NC(=O)[C@H](CC(=O)O)CC(=O)CNC(=O)[C@H](CCCN=C(N)N)CC2=O)C(=O)C[C@@H](Cc2ccccc2)C(=O)N1.CCCOCCOCCOCCCC(=O)COCC(C)=O. The van der Waals surface area contributed by atoms with Crippen molar-refractivity contribution >= 4 is 122 Å². The van der Waals surface area contributed by atoms with Gasteiger partial charge in [0.25, 0.3) is 5.91 Å². The van der Waals surface area contributed by atoms with Crippen LogP contribution in [0.1, 0.15) is 115 Å². The summed E-state index contributed by atoms with van der Waals surface area (Å²) in [5, 5.41) is 29.5. The number of thioether (sulfide) groups is 1. The van der Waals surface area contributed by atoms with Gasteiger partial charge in [-0.25, -0.2) is 4.39 Å². The summed E-state index contributed by atoms with van der Waals surface area (Å²) in [5.41, 5.74) is 12.2. The fourth-order valence-electron chi connectivity index (χ4n) is 9.63. The number of aliphatic imine (C=N–C) groups is 1. The molecule has 29 nitrogen and oxygen atoms in total. The number of fused-ring (bicyclic) bond motifs is 5. The molecule has 0 aromatic heterocycles. The van der Waals surface area contributed by atoms with E-state index in [2.05, 4.69) is 49.0 Å². The highest BCUT2D eigenvalue weighted by atomic mass is 33.1. The van der Waals surface area contributed by atoms with Crippen LogP contribution < -0.4 is 43.4 Å². The predicted molar refractivity (Wildman–Crippen MR) is 375 cm³/mol. The number of ether oxygens (including phenoxy) is 4. The van der Waals surface area contributed by atoms with E-state index in [9.17, 15) is 71.8 Å². The second-order valence-electron chi connectivity index (χ2n) is 23.4. The van der Waals surface area contributed by atoms with Gasteiger partial charge in [-0.15, -0.1) is 11.8 Å². The van der Waals surface area contributed by atoms with Crippen molar-refractivity contribution in [1.29, 1.82) is 0 Å². The summed E-state index contributed by atoms with van der Waals surface area (Å²) in [6, 6.07) is 9.10. The smallest absolute Gasteiger partial charge is 0.304 e. The summed E-state index contributed by atoms with van der Waals surface area (Å²) in [6.45, 7) is 7.75. The predicted octanol–water partition coefficient (Wildman–Crippen LogP) is 2.54. The molecule has 2 fully saturated rings. The number of guanidine groups is 1. The Labute approximate surface area is 594 Å². The van der Waals surface area contributed by atoms with Crippen LogP contribution in [0.3, 0.4) is 0 Å². The molecule has 4 rings (SSSR count). The maximum absolute atomic E-state index is 14.5. The molecule has 2 aliphatic heterocycles. The molecule has 2 aliphatic rings. The minimum absolute atomic E-state index is 0.000448. The van der Waals surface area contributed by atoms with Crippen molar-refractivity contribution in [3.8, 4) is 0 Å². The van der Waals surface area contributed by atoms with Crippen LogP contribution in [0.15, 0.2) is 64.7 Å². The molecule has 2 saturated heterocycles. The van der Waals surface area contributed by atoms with Gasteiger partial charge in [0.2, 0.25) is 29.5 Å². The lowest BCUT2D eigenvalue weighted by atomic mass is 9.90. The van der Waals surface area contributed by atoms with Crippen molar-refractivity contribution in [2.24, 2.45) is 39.4 Å². The lowest BCUT2D eigenvalue weighted by Gasteiger charge is -2.26. The third-order valence-electron chi connectivity index (χ3n) is 14.9. The average molecular weight is 1460 g/mol. The number of benzene rings is 2. The number of ketones is 6. The van der Waals surface area contributed by atoms with E-state index in [-0.39, 0.29) is 111 Å². The fraction of sp³-hybridized carbons (Fsp3) is 0.597. The minimum atomic E-state index is -1.49. The monoisotopic (exact) mass is 1460 g/mol. The Morgan fingerprint density at radius 2 is 1.32 bits per heavy atom. The zero-order chi connectivity index (χ0) is 73.5. The van der Waals surface area contributed by atoms with Crippen LogP contribution in [0.4, 0.5) is 4.39 Å². The van der Waals surface area contributed by atoms with Gasteiger partial charge in [0.15, 0.2) is 47.3 Å². The van der Waals surface area contributed by atoms with E-state index in [4.69, 9.17) is 35.3 Å². The number of unbranched alkanes of at least 4 members (excludes halogenated alkanes) is 1. The molecule has 33 heteroatoms. The van der Waals surface area contributed by atoms with Crippen LogP contribution in [0.2, 0.25) is 0 Å². The van der Waals surface area contributed by atoms with Gasteiger partial charge in [-0.2, -0.15) is 0 Å². The Hall–Kier alpha value is -7.69. The Balaban J connectivity index is 0.00000106. The van der Waals surface area contributed by atoms with Crippen LogP contribution in [-0.4, -0.2) is 220 Å². The topological polar surface area (TPSA) is 437 Å². The molecule has 0 aliphatic carbocycles. The Kier molecular flexibility index (Phi) is 44.5. The number of nitrogens with one attached hydrogen (secondary N) is 6. The van der Waals surface area contributed by atoms with Gasteiger partial charge in [-0.1, -0.05) is 83.1 Å². The van der Waals surface area contributed by atoms with E-state index >= 15 is 0 Å². The fourth-order valence-corrected chi connectivity index (χ4v) is 12.9. The standard InChI is InChI=1S/C52H69FN10O13S3.C15H28O6/c1-2-42(65)39-27-77-30-46(69)60-38(12-6-7-17-56-45(68)26-76-59-24-32-13-15-36(53)16-14-32)51(75)63-41-29-79-78-28-40(44(67)22-34(49(73)61-39)19-31-9-4-3-5-10-31)62-50(74)35(23-47(70)71)20-37(64)25-58-48(72)33(21-43(41)66)11-8-18-57-52(54)55;1-3-6-18-8-10-20-11-9-19-7-4-5-15(17)13-21-12-14(2)16/h3-5,9-10,13-16,24,33-35,38-41H,2,6-8,11-12,17-23,25-30H2,1H3,(H,56,68)(H,58,72)(H,60,69)(H,61,73)(H,62,74)(H,63,75)(H,70,71)(H4,54,55,57);3-13H2,1-2H3/b59-24+;/t33-,34-,35+,38+,39+,40+,41+;/m1./s1. The molecule has 2 bridgehead atoms. The van der Waals surface area contributed by atoms with Gasteiger partial charge in [0.05, 0.1) is 75.4 Å². The molecule has 6 amide bonds. The molecule has 0 spiro atoms. The molecule has 0 saturated carbocycles. The number of aliphatic carboxylic acids is 1. The molecule has 11 N–H and O–H groups in total. The number of amides is 6. The highest BCUT2D eigenvalue weighted by molar-refractivity contribution is 8.76. The number of halogens is 1. The second-order valence-corrected chi connectivity index (χ2v) is 27.0. The van der Waals surface area contributed by atoms with E-state index in [1.54, 1.807) is 37.3 Å². The van der Waals surface area contributed by atoms with E-state index < -0.39 is 145 Å².